The minimum atomic E-state index is -0.366. The van der Waals surface area contributed by atoms with Gasteiger partial charge in [0.2, 0.25) is 0 Å². The van der Waals surface area contributed by atoms with E-state index < -0.39 is 0 Å². The van der Waals surface area contributed by atoms with Crippen LogP contribution in [0, 0.1) is 19.7 Å². The summed E-state index contributed by atoms with van der Waals surface area (Å²) in [5.74, 6) is 0.341. The first-order chi connectivity index (χ1) is 12.5. The number of nitrogens with one attached hydrogen (secondary N) is 2. The molecule has 6 nitrogen and oxygen atoms in total. The van der Waals surface area contributed by atoms with Crippen molar-refractivity contribution in [2.75, 3.05) is 0 Å². The Morgan fingerprint density at radius 3 is 2.65 bits per heavy atom. The molecule has 0 radical (unpaired) electrons. The van der Waals surface area contributed by atoms with Crippen LogP contribution in [0.15, 0.2) is 48.8 Å². The molecule has 2 aromatic heterocycles. The van der Waals surface area contributed by atoms with Crippen molar-refractivity contribution in [2.24, 2.45) is 0 Å². The SMILES string of the molecule is Cc1cccc(CNC(=O)NCc2ccc(-n3ccnc3C)c(F)c2)n1. The fourth-order valence-corrected chi connectivity index (χ4v) is 2.60. The smallest absolute Gasteiger partial charge is 0.315 e. The molecule has 0 aliphatic rings. The van der Waals surface area contributed by atoms with Gasteiger partial charge >= 0.3 is 6.03 Å². The van der Waals surface area contributed by atoms with Crippen LogP contribution in [0.2, 0.25) is 0 Å². The van der Waals surface area contributed by atoms with Crippen molar-refractivity contribution >= 4 is 6.03 Å². The number of pyridine rings is 1. The van der Waals surface area contributed by atoms with E-state index in [1.807, 2.05) is 32.0 Å². The molecule has 0 aliphatic heterocycles. The number of aromatic nitrogens is 3. The van der Waals surface area contributed by atoms with E-state index in [1.165, 1.54) is 6.07 Å². The lowest BCUT2D eigenvalue weighted by molar-refractivity contribution is 0.240. The van der Waals surface area contributed by atoms with Crippen LogP contribution in [0.1, 0.15) is 22.8 Å². The third kappa shape index (κ3) is 4.24. The summed E-state index contributed by atoms with van der Waals surface area (Å²) in [5.41, 5.74) is 2.78. The maximum absolute atomic E-state index is 14.3. The Balaban J connectivity index is 1.55. The van der Waals surface area contributed by atoms with Crippen LogP contribution >= 0.6 is 0 Å². The molecule has 0 atom stereocenters. The Kier molecular flexibility index (Phi) is 5.26. The van der Waals surface area contributed by atoms with Gasteiger partial charge < -0.3 is 15.2 Å². The number of carbonyl (C=O) groups is 1. The molecule has 1 aromatic carbocycles. The first-order valence-electron chi connectivity index (χ1n) is 8.26. The molecule has 134 valence electrons. The summed E-state index contributed by atoms with van der Waals surface area (Å²) in [6, 6.07) is 10.2. The summed E-state index contributed by atoms with van der Waals surface area (Å²) in [6.07, 6.45) is 3.33. The highest BCUT2D eigenvalue weighted by Crippen LogP contribution is 2.16. The third-order valence-corrected chi connectivity index (χ3v) is 3.93. The van der Waals surface area contributed by atoms with Crippen LogP contribution in [0.4, 0.5) is 9.18 Å². The van der Waals surface area contributed by atoms with Crippen molar-refractivity contribution in [3.8, 4) is 5.69 Å². The van der Waals surface area contributed by atoms with Crippen LogP contribution in [0.3, 0.4) is 0 Å². The number of hydrogen-bond acceptors (Lipinski definition) is 3. The molecule has 26 heavy (non-hydrogen) atoms. The van der Waals surface area contributed by atoms with E-state index in [0.29, 0.717) is 23.6 Å². The average Bonchev–Trinajstić information content (AvgIpc) is 3.04. The molecule has 0 saturated heterocycles. The van der Waals surface area contributed by atoms with Crippen LogP contribution in [0.25, 0.3) is 5.69 Å². The Morgan fingerprint density at radius 2 is 1.96 bits per heavy atom. The summed E-state index contributed by atoms with van der Waals surface area (Å²) in [4.78, 5) is 20.3. The Labute approximate surface area is 151 Å². The maximum atomic E-state index is 14.3. The molecule has 7 heteroatoms. The number of carbonyl (C=O) groups excluding carboxylic acids is 1. The molecule has 0 aliphatic carbocycles. The number of benzene rings is 1. The number of imidazole rings is 1. The molecule has 3 aromatic rings. The van der Waals surface area contributed by atoms with E-state index >= 15 is 0 Å². The number of hydrogen-bond donors (Lipinski definition) is 2. The van der Waals surface area contributed by atoms with Gasteiger partial charge in [0.15, 0.2) is 0 Å². The Hall–Kier alpha value is -3.22. The van der Waals surface area contributed by atoms with E-state index in [4.69, 9.17) is 0 Å². The van der Waals surface area contributed by atoms with Crippen molar-refractivity contribution in [2.45, 2.75) is 26.9 Å². The van der Waals surface area contributed by atoms with Crippen molar-refractivity contribution in [3.05, 3.63) is 77.4 Å². The van der Waals surface area contributed by atoms with Crippen LogP contribution in [-0.4, -0.2) is 20.6 Å². The number of halogens is 1. The highest BCUT2D eigenvalue weighted by molar-refractivity contribution is 5.73. The molecule has 2 heterocycles. The van der Waals surface area contributed by atoms with Gasteiger partial charge in [0.05, 0.1) is 17.9 Å². The number of nitrogens with zero attached hydrogens (tertiary/aromatic N) is 3. The first kappa shape index (κ1) is 17.6. The Bertz CT molecular complexity index is 922. The predicted molar refractivity (Wildman–Crippen MR) is 96.3 cm³/mol. The van der Waals surface area contributed by atoms with Gasteiger partial charge in [-0.15, -0.1) is 0 Å². The van der Waals surface area contributed by atoms with Gasteiger partial charge in [-0.2, -0.15) is 0 Å². The number of urea groups is 1. The third-order valence-electron chi connectivity index (χ3n) is 3.93. The second-order valence-corrected chi connectivity index (χ2v) is 5.94. The van der Waals surface area contributed by atoms with E-state index in [1.54, 1.807) is 29.1 Å². The first-order valence-corrected chi connectivity index (χ1v) is 8.26. The summed E-state index contributed by atoms with van der Waals surface area (Å²) in [6.45, 7) is 4.27. The van der Waals surface area contributed by atoms with Crippen molar-refractivity contribution in [1.82, 2.24) is 25.2 Å². The predicted octanol–water partition coefficient (Wildman–Crippen LogP) is 3.02. The van der Waals surface area contributed by atoms with Gasteiger partial charge in [0.1, 0.15) is 11.6 Å². The molecule has 0 bridgehead atoms. The van der Waals surface area contributed by atoms with Crippen LogP contribution in [0.5, 0.6) is 0 Å². The standard InChI is InChI=1S/C19H20FN5O/c1-13-4-3-5-16(24-13)12-23-19(26)22-11-15-6-7-18(17(20)10-15)25-9-8-21-14(25)2/h3-10H,11-12H2,1-2H3,(H2,22,23,26). The zero-order valence-corrected chi connectivity index (χ0v) is 14.7. The second kappa shape index (κ2) is 7.77. The van der Waals surface area contributed by atoms with Crippen LogP contribution < -0.4 is 10.6 Å². The zero-order valence-electron chi connectivity index (χ0n) is 14.7. The normalized spacial score (nSPS) is 10.6. The van der Waals surface area contributed by atoms with E-state index in [-0.39, 0.29) is 18.4 Å². The van der Waals surface area contributed by atoms with E-state index in [0.717, 1.165) is 11.4 Å². The molecule has 0 saturated carbocycles. The molecule has 0 unspecified atom stereocenters. The second-order valence-electron chi connectivity index (χ2n) is 5.94. The lowest BCUT2D eigenvalue weighted by atomic mass is 10.2. The number of amides is 2. The minimum absolute atomic E-state index is 0.229. The fraction of sp³-hybridized carbons (Fsp3) is 0.211. The van der Waals surface area contributed by atoms with E-state index in [2.05, 4.69) is 20.6 Å². The summed E-state index contributed by atoms with van der Waals surface area (Å²) < 4.78 is 16.0. The molecular weight excluding hydrogens is 333 g/mol. The monoisotopic (exact) mass is 353 g/mol. The highest BCUT2D eigenvalue weighted by Gasteiger charge is 2.09. The largest absolute Gasteiger partial charge is 0.334 e. The summed E-state index contributed by atoms with van der Waals surface area (Å²) in [5, 5.41) is 5.45. The van der Waals surface area contributed by atoms with Crippen LogP contribution in [-0.2, 0) is 13.1 Å². The Morgan fingerprint density at radius 1 is 1.15 bits per heavy atom. The highest BCUT2D eigenvalue weighted by atomic mass is 19.1. The summed E-state index contributed by atoms with van der Waals surface area (Å²) in [7, 11) is 0. The van der Waals surface area contributed by atoms with Gasteiger partial charge in [0, 0.05) is 24.6 Å². The molecule has 3 rings (SSSR count). The molecule has 2 N–H and O–H groups in total. The molecule has 0 fully saturated rings. The van der Waals surface area contributed by atoms with E-state index in [9.17, 15) is 9.18 Å². The van der Waals surface area contributed by atoms with Crippen molar-refractivity contribution < 1.29 is 9.18 Å². The average molecular weight is 353 g/mol. The van der Waals surface area contributed by atoms with Crippen molar-refractivity contribution in [3.63, 3.8) is 0 Å². The number of aryl methyl sites for hydroxylation is 2. The van der Waals surface area contributed by atoms with Gasteiger partial charge in [-0.1, -0.05) is 12.1 Å². The molecular formula is C19H20FN5O. The lowest BCUT2D eigenvalue weighted by Gasteiger charge is -2.10. The van der Waals surface area contributed by atoms with Crippen molar-refractivity contribution in [1.29, 1.82) is 0 Å². The quantitative estimate of drug-likeness (QED) is 0.741. The topological polar surface area (TPSA) is 71.8 Å². The van der Waals surface area contributed by atoms with Gasteiger partial charge in [-0.25, -0.2) is 14.2 Å². The zero-order chi connectivity index (χ0) is 18.5. The van der Waals surface area contributed by atoms with Gasteiger partial charge in [0.25, 0.3) is 0 Å². The molecule has 2 amide bonds. The maximum Gasteiger partial charge on any atom is 0.315 e. The van der Waals surface area contributed by atoms with Gasteiger partial charge in [-0.05, 0) is 43.7 Å². The lowest BCUT2D eigenvalue weighted by Crippen LogP contribution is -2.34. The minimum Gasteiger partial charge on any atom is -0.334 e. The number of rotatable bonds is 5. The summed E-state index contributed by atoms with van der Waals surface area (Å²) >= 11 is 0. The van der Waals surface area contributed by atoms with Gasteiger partial charge in [-0.3, -0.25) is 4.98 Å². The molecule has 0 spiro atoms. The fourth-order valence-electron chi connectivity index (χ4n) is 2.60.